The van der Waals surface area contributed by atoms with Gasteiger partial charge in [-0.25, -0.2) is 14.8 Å². The number of hydrogen-bond donors (Lipinski definition) is 2. The summed E-state index contributed by atoms with van der Waals surface area (Å²) in [4.78, 5) is 46.0. The Morgan fingerprint density at radius 2 is 1.92 bits per heavy atom. The molecule has 3 rings (SSSR count). The third kappa shape index (κ3) is 2.94. The highest BCUT2D eigenvalue weighted by Gasteiger charge is 2.43. The standard InChI is InChI=1S/C17H17N5O4/c1-17(2)16(25)21-10-5-3-4-6-11(10)22(17)12(23)9-26-15(24)13-14(18)20-8-7-19-13/h3-8H,9H2,1-2H3,(H2,18,20)(H,21,25). The molecule has 1 aromatic carbocycles. The first-order chi connectivity index (χ1) is 12.3. The molecule has 0 unspecified atom stereocenters. The van der Waals surface area contributed by atoms with Crippen molar-refractivity contribution in [2.75, 3.05) is 22.6 Å². The summed E-state index contributed by atoms with van der Waals surface area (Å²) in [5, 5.41) is 2.76. The lowest BCUT2D eigenvalue weighted by Crippen LogP contribution is -2.59. The van der Waals surface area contributed by atoms with Crippen LogP contribution in [0.1, 0.15) is 24.3 Å². The molecule has 1 aromatic heterocycles. The van der Waals surface area contributed by atoms with Crippen molar-refractivity contribution in [1.82, 2.24) is 9.97 Å². The van der Waals surface area contributed by atoms with E-state index in [0.29, 0.717) is 11.4 Å². The number of anilines is 3. The average Bonchev–Trinajstić information content (AvgIpc) is 2.60. The summed E-state index contributed by atoms with van der Waals surface area (Å²) in [6.45, 7) is 2.65. The van der Waals surface area contributed by atoms with E-state index in [9.17, 15) is 14.4 Å². The molecule has 3 N–H and O–H groups in total. The number of nitrogens with zero attached hydrogens (tertiary/aromatic N) is 3. The molecule has 0 radical (unpaired) electrons. The maximum Gasteiger partial charge on any atom is 0.361 e. The summed E-state index contributed by atoms with van der Waals surface area (Å²) in [6.07, 6.45) is 2.63. The van der Waals surface area contributed by atoms with Gasteiger partial charge < -0.3 is 15.8 Å². The summed E-state index contributed by atoms with van der Waals surface area (Å²) in [5.74, 6) is -1.84. The zero-order valence-electron chi connectivity index (χ0n) is 14.2. The van der Waals surface area contributed by atoms with Crippen LogP contribution in [-0.4, -0.2) is 39.9 Å². The van der Waals surface area contributed by atoms with Gasteiger partial charge in [0.1, 0.15) is 5.54 Å². The SMILES string of the molecule is CC1(C)C(=O)Nc2ccccc2N1C(=O)COC(=O)c1nccnc1N. The van der Waals surface area contributed by atoms with E-state index >= 15 is 0 Å². The number of ether oxygens (including phenoxy) is 1. The molecule has 1 aliphatic rings. The highest BCUT2D eigenvalue weighted by molar-refractivity contribution is 6.14. The molecule has 0 saturated carbocycles. The predicted octanol–water partition coefficient (Wildman–Crippen LogP) is 0.979. The number of esters is 1. The van der Waals surface area contributed by atoms with E-state index < -0.39 is 24.0 Å². The Bertz CT molecular complexity index is 896. The van der Waals surface area contributed by atoms with E-state index in [1.807, 2.05) is 0 Å². The maximum atomic E-state index is 12.7. The third-order valence-corrected chi connectivity index (χ3v) is 4.00. The molecule has 26 heavy (non-hydrogen) atoms. The normalized spacial score (nSPS) is 15.0. The van der Waals surface area contributed by atoms with Crippen molar-refractivity contribution in [1.29, 1.82) is 0 Å². The number of aromatic nitrogens is 2. The van der Waals surface area contributed by atoms with E-state index in [0.717, 1.165) is 0 Å². The number of benzene rings is 1. The number of carbonyl (C=O) groups is 3. The second-order valence-corrected chi connectivity index (χ2v) is 6.13. The van der Waals surface area contributed by atoms with Gasteiger partial charge in [-0.2, -0.15) is 0 Å². The second-order valence-electron chi connectivity index (χ2n) is 6.13. The minimum Gasteiger partial charge on any atom is -0.451 e. The van der Waals surface area contributed by atoms with Crippen LogP contribution in [0.15, 0.2) is 36.7 Å². The Morgan fingerprint density at radius 3 is 2.65 bits per heavy atom. The van der Waals surface area contributed by atoms with Crippen molar-refractivity contribution in [3.8, 4) is 0 Å². The summed E-state index contributed by atoms with van der Waals surface area (Å²) < 4.78 is 5.02. The van der Waals surface area contributed by atoms with Crippen molar-refractivity contribution < 1.29 is 19.1 Å². The molecular weight excluding hydrogens is 338 g/mol. The molecule has 0 atom stereocenters. The highest BCUT2D eigenvalue weighted by Crippen LogP contribution is 2.36. The Kier molecular flexibility index (Phi) is 4.29. The lowest BCUT2D eigenvalue weighted by molar-refractivity contribution is -0.128. The van der Waals surface area contributed by atoms with Gasteiger partial charge in [0.15, 0.2) is 18.1 Å². The van der Waals surface area contributed by atoms with Crippen LogP contribution >= 0.6 is 0 Å². The lowest BCUT2D eigenvalue weighted by Gasteiger charge is -2.41. The first kappa shape index (κ1) is 17.3. The molecular formula is C17H17N5O4. The largest absolute Gasteiger partial charge is 0.451 e. The van der Waals surface area contributed by atoms with Crippen LogP contribution in [-0.2, 0) is 14.3 Å². The molecule has 0 bridgehead atoms. The minimum atomic E-state index is -1.15. The molecule has 9 heteroatoms. The van der Waals surface area contributed by atoms with E-state index in [4.69, 9.17) is 10.5 Å². The van der Waals surface area contributed by atoms with Crippen molar-refractivity contribution >= 4 is 35.0 Å². The van der Waals surface area contributed by atoms with Gasteiger partial charge in [0.25, 0.3) is 5.91 Å². The Morgan fingerprint density at radius 1 is 1.23 bits per heavy atom. The number of para-hydroxylation sites is 2. The fraction of sp³-hybridized carbons (Fsp3) is 0.235. The van der Waals surface area contributed by atoms with Gasteiger partial charge >= 0.3 is 5.97 Å². The average molecular weight is 355 g/mol. The third-order valence-electron chi connectivity index (χ3n) is 4.00. The number of nitrogens with one attached hydrogen (secondary N) is 1. The zero-order valence-corrected chi connectivity index (χ0v) is 14.2. The Labute approximate surface area is 149 Å². The van der Waals surface area contributed by atoms with Gasteiger partial charge in [0.05, 0.1) is 11.4 Å². The summed E-state index contributed by atoms with van der Waals surface area (Å²) in [6, 6.07) is 6.89. The van der Waals surface area contributed by atoms with Gasteiger partial charge in [-0.1, -0.05) is 12.1 Å². The van der Waals surface area contributed by atoms with Crippen LogP contribution in [0.5, 0.6) is 0 Å². The first-order valence-corrected chi connectivity index (χ1v) is 7.79. The van der Waals surface area contributed by atoms with E-state index in [-0.39, 0.29) is 17.4 Å². The molecule has 0 fully saturated rings. The minimum absolute atomic E-state index is 0.0898. The number of nitrogen functional groups attached to an aromatic ring is 1. The van der Waals surface area contributed by atoms with Crippen LogP contribution < -0.4 is 16.0 Å². The molecule has 134 valence electrons. The van der Waals surface area contributed by atoms with Crippen molar-refractivity contribution in [2.45, 2.75) is 19.4 Å². The van der Waals surface area contributed by atoms with Gasteiger partial charge in [-0.15, -0.1) is 0 Å². The Hall–Kier alpha value is -3.49. The fourth-order valence-corrected chi connectivity index (χ4v) is 2.66. The monoisotopic (exact) mass is 355 g/mol. The molecule has 2 amide bonds. The summed E-state index contributed by atoms with van der Waals surface area (Å²) >= 11 is 0. The van der Waals surface area contributed by atoms with Crippen LogP contribution in [0.4, 0.5) is 17.2 Å². The topological polar surface area (TPSA) is 128 Å². The zero-order chi connectivity index (χ0) is 18.9. The maximum absolute atomic E-state index is 12.7. The number of rotatable bonds is 3. The number of hydrogen-bond acceptors (Lipinski definition) is 7. The van der Waals surface area contributed by atoms with E-state index in [1.165, 1.54) is 17.3 Å². The van der Waals surface area contributed by atoms with E-state index in [1.54, 1.807) is 38.1 Å². The molecule has 9 nitrogen and oxygen atoms in total. The van der Waals surface area contributed by atoms with Gasteiger partial charge in [-0.05, 0) is 26.0 Å². The van der Waals surface area contributed by atoms with Crippen molar-refractivity contribution in [3.05, 3.63) is 42.4 Å². The van der Waals surface area contributed by atoms with Crippen LogP contribution in [0.2, 0.25) is 0 Å². The molecule has 0 saturated heterocycles. The van der Waals surface area contributed by atoms with Crippen LogP contribution in [0.25, 0.3) is 0 Å². The quantitative estimate of drug-likeness (QED) is 0.786. The summed E-state index contributed by atoms with van der Waals surface area (Å²) in [7, 11) is 0. The number of carbonyl (C=O) groups excluding carboxylic acids is 3. The van der Waals surface area contributed by atoms with Gasteiger partial charge in [-0.3, -0.25) is 14.5 Å². The van der Waals surface area contributed by atoms with Crippen LogP contribution in [0, 0.1) is 0 Å². The lowest BCUT2D eigenvalue weighted by atomic mass is 9.96. The molecule has 2 aromatic rings. The number of fused-ring (bicyclic) bond motifs is 1. The number of nitrogens with two attached hydrogens (primary N) is 1. The van der Waals surface area contributed by atoms with E-state index in [2.05, 4.69) is 15.3 Å². The second kappa shape index (κ2) is 6.43. The van der Waals surface area contributed by atoms with Crippen molar-refractivity contribution in [2.24, 2.45) is 0 Å². The van der Waals surface area contributed by atoms with Crippen molar-refractivity contribution in [3.63, 3.8) is 0 Å². The summed E-state index contributed by atoms with van der Waals surface area (Å²) in [5.41, 5.74) is 5.29. The molecule has 1 aliphatic heterocycles. The Balaban J connectivity index is 1.82. The molecule has 0 aliphatic carbocycles. The van der Waals surface area contributed by atoms with Crippen LogP contribution in [0.3, 0.4) is 0 Å². The highest BCUT2D eigenvalue weighted by atomic mass is 16.5. The fourth-order valence-electron chi connectivity index (χ4n) is 2.66. The number of amides is 2. The molecule has 2 heterocycles. The predicted molar refractivity (Wildman–Crippen MR) is 93.4 cm³/mol. The van der Waals surface area contributed by atoms with Gasteiger partial charge in [0, 0.05) is 12.4 Å². The molecule has 0 spiro atoms. The smallest absolute Gasteiger partial charge is 0.361 e. The van der Waals surface area contributed by atoms with Gasteiger partial charge in [0.2, 0.25) is 5.91 Å². The first-order valence-electron chi connectivity index (χ1n) is 7.79.